The molecule has 1 saturated carbocycles. The maximum absolute atomic E-state index is 13.0. The van der Waals surface area contributed by atoms with Crippen LogP contribution in [0, 0.1) is 0 Å². The van der Waals surface area contributed by atoms with Gasteiger partial charge in [-0.3, -0.25) is 0 Å². The lowest BCUT2D eigenvalue weighted by Gasteiger charge is -2.47. The molecule has 0 spiro atoms. The molecule has 0 aliphatic heterocycles. The second-order valence-corrected chi connectivity index (χ2v) is 4.43. The molecule has 2 atom stereocenters. The maximum atomic E-state index is 13.0. The molecule has 0 bridgehead atoms. The Morgan fingerprint density at radius 2 is 1.06 bits per heavy atom. The Morgan fingerprint density at radius 1 is 0.688 bits per heavy atom. The molecule has 0 N–H and O–H groups in total. The second kappa shape index (κ2) is 3.07. The highest BCUT2D eigenvalue weighted by molar-refractivity contribution is 6.34. The summed E-state index contributed by atoms with van der Waals surface area (Å²) in [6, 6.07) is 0. The van der Waals surface area contributed by atoms with Crippen molar-refractivity contribution in [1.29, 1.82) is 0 Å². The van der Waals surface area contributed by atoms with Gasteiger partial charge in [0, 0.05) is 0 Å². The molecule has 0 radical (unpaired) electrons. The van der Waals surface area contributed by atoms with E-state index in [0.29, 0.717) is 0 Å². The average Bonchev–Trinajstić information content (AvgIpc) is 1.98. The maximum Gasteiger partial charge on any atom is 0.376 e. The van der Waals surface area contributed by atoms with Crippen molar-refractivity contribution in [2.45, 2.75) is 34.4 Å². The Labute approximate surface area is 93.5 Å². The molecule has 1 fully saturated rings. The fraction of sp³-hybridized carbons (Fsp3) is 1.00. The minimum atomic E-state index is -6.15. The first-order valence-electron chi connectivity index (χ1n) is 3.60. The van der Waals surface area contributed by atoms with Gasteiger partial charge in [-0.05, 0) is 0 Å². The quantitative estimate of drug-likeness (QED) is 0.466. The van der Waals surface area contributed by atoms with E-state index in [-0.39, 0.29) is 0 Å². The fourth-order valence-electron chi connectivity index (χ4n) is 1.16. The Kier molecular flexibility index (Phi) is 2.70. The van der Waals surface area contributed by atoms with Gasteiger partial charge in [0.25, 0.3) is 0 Å². The summed E-state index contributed by atoms with van der Waals surface area (Å²) in [5.74, 6) is -17.8. The summed E-state index contributed by atoms with van der Waals surface area (Å²) in [6.45, 7) is 0. The van der Waals surface area contributed by atoms with Crippen molar-refractivity contribution in [2.24, 2.45) is 0 Å². The van der Waals surface area contributed by atoms with E-state index < -0.39 is 34.4 Å². The third-order valence-corrected chi connectivity index (χ3v) is 3.18. The van der Waals surface area contributed by atoms with Gasteiger partial charge in [0.15, 0.2) is 0 Å². The van der Waals surface area contributed by atoms with Crippen LogP contribution in [0.2, 0.25) is 0 Å². The molecule has 1 rings (SSSR count). The predicted molar refractivity (Wildman–Crippen MR) is 38.8 cm³/mol. The number of rotatable bonds is 0. The van der Waals surface area contributed by atoms with Gasteiger partial charge in [0.2, 0.25) is 5.13 Å². The molecule has 0 nitrogen and oxygen atoms in total. The molecule has 0 aromatic carbocycles. The van der Waals surface area contributed by atoms with Crippen LogP contribution in [-0.2, 0) is 0 Å². The zero-order valence-electron chi connectivity index (χ0n) is 6.99. The van der Waals surface area contributed by atoms with Crippen LogP contribution in [-0.4, -0.2) is 28.0 Å². The SMILES string of the molecule is FC1(F)CC(F)(Cl)C(F)(Cl)C(F)(F)C1(F)F. The van der Waals surface area contributed by atoms with Gasteiger partial charge in [0.1, 0.15) is 0 Å². The standard InChI is InChI=1S/C6H2Cl2F8/c7-2(9)1-3(10,11)5(13,14)6(15,16)4(2,8)12/h1H2. The van der Waals surface area contributed by atoms with E-state index >= 15 is 0 Å². The van der Waals surface area contributed by atoms with Crippen LogP contribution in [0.4, 0.5) is 35.1 Å². The lowest BCUT2D eigenvalue weighted by atomic mass is 9.85. The molecule has 0 saturated heterocycles. The number of hydrogen-bond acceptors (Lipinski definition) is 0. The van der Waals surface area contributed by atoms with Crippen LogP contribution < -0.4 is 0 Å². The predicted octanol–water partition coefficient (Wildman–Crippen LogP) is 4.11. The minimum absolute atomic E-state index is 2.66. The van der Waals surface area contributed by atoms with Gasteiger partial charge in [-0.2, -0.15) is 26.3 Å². The molecule has 0 aromatic rings. The molecule has 10 heteroatoms. The van der Waals surface area contributed by atoms with Crippen molar-refractivity contribution in [3.05, 3.63) is 0 Å². The Hall–Kier alpha value is 0.0200. The van der Waals surface area contributed by atoms with Gasteiger partial charge in [-0.25, -0.2) is 8.78 Å². The van der Waals surface area contributed by atoms with Gasteiger partial charge in [0.05, 0.1) is 6.42 Å². The number of hydrogen-bond donors (Lipinski definition) is 0. The summed E-state index contributed by atoms with van der Waals surface area (Å²) in [7, 11) is 0. The van der Waals surface area contributed by atoms with Crippen molar-refractivity contribution in [2.75, 3.05) is 0 Å². The van der Waals surface area contributed by atoms with Crippen molar-refractivity contribution in [3.8, 4) is 0 Å². The Bertz CT molecular complexity index is 282. The molecule has 0 amide bonds. The molecular formula is C6H2Cl2F8. The first-order chi connectivity index (χ1) is 6.71. The number of halogens is 10. The molecule has 2 unspecified atom stereocenters. The van der Waals surface area contributed by atoms with Crippen LogP contribution in [0.25, 0.3) is 0 Å². The van der Waals surface area contributed by atoms with Crippen molar-refractivity contribution in [1.82, 2.24) is 0 Å². The molecule has 1 aliphatic rings. The van der Waals surface area contributed by atoms with E-state index in [2.05, 4.69) is 23.2 Å². The summed E-state index contributed by atoms with van der Waals surface area (Å²) >= 11 is 8.62. The topological polar surface area (TPSA) is 0 Å². The highest BCUT2D eigenvalue weighted by Crippen LogP contribution is 2.66. The summed E-state index contributed by atoms with van der Waals surface area (Å²) in [5.41, 5.74) is 0. The fourth-order valence-corrected chi connectivity index (χ4v) is 1.63. The minimum Gasteiger partial charge on any atom is -0.221 e. The van der Waals surface area contributed by atoms with E-state index in [1.165, 1.54) is 0 Å². The first-order valence-corrected chi connectivity index (χ1v) is 4.35. The van der Waals surface area contributed by atoms with Crippen LogP contribution in [0.3, 0.4) is 0 Å². The van der Waals surface area contributed by atoms with E-state index in [1.807, 2.05) is 0 Å². The Morgan fingerprint density at radius 3 is 1.44 bits per heavy atom. The monoisotopic (exact) mass is 296 g/mol. The first kappa shape index (κ1) is 14.1. The lowest BCUT2D eigenvalue weighted by molar-refractivity contribution is -0.370. The molecule has 0 aromatic heterocycles. The molecule has 16 heavy (non-hydrogen) atoms. The smallest absolute Gasteiger partial charge is 0.221 e. The lowest BCUT2D eigenvalue weighted by Crippen LogP contribution is -2.72. The summed E-state index contributed by atoms with van der Waals surface area (Å²) < 4.78 is 101. The third kappa shape index (κ3) is 1.35. The van der Waals surface area contributed by atoms with Gasteiger partial charge < -0.3 is 0 Å². The number of alkyl halides is 10. The second-order valence-electron chi connectivity index (χ2n) is 3.31. The summed E-state index contributed by atoms with van der Waals surface area (Å²) in [4.78, 5) is 0. The molecule has 0 heterocycles. The van der Waals surface area contributed by atoms with E-state index in [4.69, 9.17) is 0 Å². The van der Waals surface area contributed by atoms with Crippen LogP contribution >= 0.6 is 23.2 Å². The molecule has 96 valence electrons. The van der Waals surface area contributed by atoms with Crippen molar-refractivity contribution in [3.63, 3.8) is 0 Å². The Balaban J connectivity index is 3.43. The average molecular weight is 297 g/mol. The van der Waals surface area contributed by atoms with E-state index in [9.17, 15) is 35.1 Å². The zero-order valence-corrected chi connectivity index (χ0v) is 8.50. The van der Waals surface area contributed by atoms with Crippen LogP contribution in [0.1, 0.15) is 6.42 Å². The van der Waals surface area contributed by atoms with Crippen LogP contribution in [0.5, 0.6) is 0 Å². The van der Waals surface area contributed by atoms with Crippen molar-refractivity contribution >= 4 is 23.2 Å². The third-order valence-electron chi connectivity index (χ3n) is 2.15. The van der Waals surface area contributed by atoms with E-state index in [0.717, 1.165) is 0 Å². The zero-order chi connectivity index (χ0) is 13.2. The van der Waals surface area contributed by atoms with Gasteiger partial charge in [-0.15, -0.1) is 0 Å². The normalized spacial score (nSPS) is 45.4. The van der Waals surface area contributed by atoms with Gasteiger partial charge >= 0.3 is 22.9 Å². The van der Waals surface area contributed by atoms with E-state index in [1.54, 1.807) is 0 Å². The highest BCUT2D eigenvalue weighted by Gasteiger charge is 2.89. The summed E-state index contributed by atoms with van der Waals surface area (Å²) in [6.07, 6.45) is -2.66. The molecular weight excluding hydrogens is 295 g/mol. The highest BCUT2D eigenvalue weighted by atomic mass is 35.5. The molecule has 1 aliphatic carbocycles. The largest absolute Gasteiger partial charge is 0.376 e. The van der Waals surface area contributed by atoms with Crippen LogP contribution in [0.15, 0.2) is 0 Å². The van der Waals surface area contributed by atoms with Crippen molar-refractivity contribution < 1.29 is 35.1 Å². The van der Waals surface area contributed by atoms with Gasteiger partial charge in [-0.1, -0.05) is 23.2 Å². The summed E-state index contributed by atoms with van der Waals surface area (Å²) in [5, 5.41) is -9.64.